The van der Waals surface area contributed by atoms with Gasteiger partial charge < -0.3 is 15.4 Å². The molecule has 0 atom stereocenters. The molecule has 0 aliphatic heterocycles. The van der Waals surface area contributed by atoms with Gasteiger partial charge in [-0.25, -0.2) is 0 Å². The molecule has 152 valence electrons. The molecular weight excluding hydrogens is 394 g/mol. The van der Waals surface area contributed by atoms with Gasteiger partial charge in [0.05, 0.1) is 16.9 Å². The molecule has 0 unspecified atom stereocenters. The van der Waals surface area contributed by atoms with Gasteiger partial charge in [0.1, 0.15) is 5.75 Å². The third-order valence-corrected chi connectivity index (χ3v) is 5.39. The molecule has 7 nitrogen and oxygen atoms in total. The molecule has 0 spiro atoms. The minimum atomic E-state index is -0.518. The summed E-state index contributed by atoms with van der Waals surface area (Å²) in [6.45, 7) is 0. The van der Waals surface area contributed by atoms with Gasteiger partial charge in [-0.3, -0.25) is 14.9 Å². The van der Waals surface area contributed by atoms with Crippen molar-refractivity contribution in [3.63, 3.8) is 0 Å². The summed E-state index contributed by atoms with van der Waals surface area (Å²) in [7, 11) is 0. The van der Waals surface area contributed by atoms with Crippen LogP contribution in [-0.4, -0.2) is 20.9 Å². The lowest BCUT2D eigenvalue weighted by Crippen LogP contribution is -2.14. The number of fused-ring (bicyclic) bond motifs is 5. The lowest BCUT2D eigenvalue weighted by Gasteiger charge is -2.09. The Bertz CT molecular complexity index is 1500. The van der Waals surface area contributed by atoms with Crippen molar-refractivity contribution >= 4 is 49.9 Å². The van der Waals surface area contributed by atoms with Crippen molar-refractivity contribution in [1.29, 1.82) is 0 Å². The Kier molecular flexibility index (Phi) is 4.29. The van der Waals surface area contributed by atoms with Gasteiger partial charge in [-0.2, -0.15) is 0 Å². The first kappa shape index (κ1) is 18.6. The van der Waals surface area contributed by atoms with Gasteiger partial charge in [0, 0.05) is 45.1 Å². The highest BCUT2D eigenvalue weighted by molar-refractivity contribution is 6.17. The summed E-state index contributed by atoms with van der Waals surface area (Å²) in [5.74, 6) is -0.352. The third kappa shape index (κ3) is 3.32. The van der Waals surface area contributed by atoms with E-state index in [0.29, 0.717) is 11.3 Å². The molecule has 0 fully saturated rings. The topological polar surface area (TPSA) is 108 Å². The van der Waals surface area contributed by atoms with Crippen molar-refractivity contribution in [3.8, 4) is 5.75 Å². The first-order valence-electron chi connectivity index (χ1n) is 9.69. The van der Waals surface area contributed by atoms with Crippen LogP contribution >= 0.6 is 0 Å². The van der Waals surface area contributed by atoms with Crippen LogP contribution in [0.5, 0.6) is 5.75 Å². The van der Waals surface area contributed by atoms with E-state index in [4.69, 9.17) is 0 Å². The minimum absolute atomic E-state index is 0.0212. The van der Waals surface area contributed by atoms with Crippen molar-refractivity contribution in [2.75, 3.05) is 5.32 Å². The number of hydrogen-bond acceptors (Lipinski definition) is 4. The van der Waals surface area contributed by atoms with E-state index in [1.807, 2.05) is 36.4 Å². The van der Waals surface area contributed by atoms with Crippen molar-refractivity contribution in [2.24, 2.45) is 0 Å². The van der Waals surface area contributed by atoms with Crippen molar-refractivity contribution in [3.05, 3.63) is 88.5 Å². The predicted molar refractivity (Wildman–Crippen MR) is 120 cm³/mol. The second-order valence-electron chi connectivity index (χ2n) is 7.39. The predicted octanol–water partition coefficient (Wildman–Crippen LogP) is 5.27. The van der Waals surface area contributed by atoms with Crippen LogP contribution in [0.1, 0.15) is 5.56 Å². The average molecular weight is 411 g/mol. The highest BCUT2D eigenvalue weighted by Crippen LogP contribution is 2.34. The number of benzene rings is 4. The van der Waals surface area contributed by atoms with E-state index < -0.39 is 4.92 Å². The Labute approximate surface area is 176 Å². The Morgan fingerprint density at radius 1 is 0.968 bits per heavy atom. The molecule has 0 aliphatic carbocycles. The summed E-state index contributed by atoms with van der Waals surface area (Å²) < 4.78 is 0. The summed E-state index contributed by atoms with van der Waals surface area (Å²) >= 11 is 0. The van der Waals surface area contributed by atoms with Gasteiger partial charge in [-0.1, -0.05) is 36.4 Å². The third-order valence-electron chi connectivity index (χ3n) is 5.39. The number of rotatable bonds is 4. The zero-order valence-corrected chi connectivity index (χ0v) is 16.3. The quantitative estimate of drug-likeness (QED) is 0.276. The number of phenolic OH excluding ortho intramolecular Hbond substituents is 1. The van der Waals surface area contributed by atoms with Crippen molar-refractivity contribution in [1.82, 2.24) is 4.98 Å². The SMILES string of the molecule is O=C(Cc1cc2ccc3c4ccccc4[nH]c3c2cc1O)Nc1cccc([N+](=O)[O-])c1. The standard InChI is InChI=1S/C24H17N3O4/c28-22-13-20-14(8-9-19-18-6-1-2-7-21(18)26-24(19)20)10-15(22)11-23(29)25-16-4-3-5-17(12-16)27(30)31/h1-10,12-13,26,28H,11H2,(H,25,29). The number of anilines is 1. The number of nitro groups is 1. The van der Waals surface area contributed by atoms with Crippen LogP contribution in [0.15, 0.2) is 72.8 Å². The number of H-pyrrole nitrogens is 1. The number of nitro benzene ring substituents is 1. The molecule has 0 bridgehead atoms. The first-order chi connectivity index (χ1) is 15.0. The summed E-state index contributed by atoms with van der Waals surface area (Å²) in [6, 6.07) is 21.2. The number of aromatic hydroxyl groups is 1. The molecule has 1 heterocycles. The van der Waals surface area contributed by atoms with Gasteiger partial charge in [0.15, 0.2) is 0 Å². The van der Waals surface area contributed by atoms with E-state index in [2.05, 4.69) is 10.3 Å². The van der Waals surface area contributed by atoms with Crippen molar-refractivity contribution in [2.45, 2.75) is 6.42 Å². The Balaban J connectivity index is 1.47. The number of carbonyl (C=O) groups is 1. The molecule has 0 aliphatic rings. The number of amides is 1. The number of hydrogen-bond donors (Lipinski definition) is 3. The van der Waals surface area contributed by atoms with Crippen LogP contribution < -0.4 is 5.32 Å². The van der Waals surface area contributed by atoms with Crippen LogP contribution in [-0.2, 0) is 11.2 Å². The fourth-order valence-corrected chi connectivity index (χ4v) is 3.95. The van der Waals surface area contributed by atoms with E-state index in [1.165, 1.54) is 18.2 Å². The lowest BCUT2D eigenvalue weighted by molar-refractivity contribution is -0.384. The monoisotopic (exact) mass is 411 g/mol. The maximum atomic E-state index is 12.5. The molecule has 1 aromatic heterocycles. The minimum Gasteiger partial charge on any atom is -0.508 e. The number of aromatic amines is 1. The molecule has 1 amide bonds. The molecule has 7 heteroatoms. The maximum Gasteiger partial charge on any atom is 0.271 e. The zero-order chi connectivity index (χ0) is 21.5. The highest BCUT2D eigenvalue weighted by atomic mass is 16.6. The van der Waals surface area contributed by atoms with Gasteiger partial charge in [-0.15, -0.1) is 0 Å². The second-order valence-corrected chi connectivity index (χ2v) is 7.39. The summed E-state index contributed by atoms with van der Waals surface area (Å²) in [5.41, 5.74) is 2.66. The van der Waals surface area contributed by atoms with Gasteiger partial charge in [0.25, 0.3) is 5.69 Å². The van der Waals surface area contributed by atoms with Gasteiger partial charge in [0.2, 0.25) is 5.91 Å². The lowest BCUT2D eigenvalue weighted by atomic mass is 10.0. The number of phenols is 1. The molecule has 0 radical (unpaired) electrons. The molecule has 4 aromatic carbocycles. The van der Waals surface area contributed by atoms with Crippen LogP contribution in [0.3, 0.4) is 0 Å². The number of para-hydroxylation sites is 1. The molecular formula is C24H17N3O4. The molecule has 0 saturated heterocycles. The first-order valence-corrected chi connectivity index (χ1v) is 9.69. The number of carbonyl (C=O) groups excluding carboxylic acids is 1. The number of aromatic nitrogens is 1. The maximum absolute atomic E-state index is 12.5. The number of nitrogens with zero attached hydrogens (tertiary/aromatic N) is 1. The highest BCUT2D eigenvalue weighted by Gasteiger charge is 2.14. The fourth-order valence-electron chi connectivity index (χ4n) is 3.95. The molecule has 5 aromatic rings. The van der Waals surface area contributed by atoms with E-state index >= 15 is 0 Å². The Hall–Kier alpha value is -4.39. The largest absolute Gasteiger partial charge is 0.508 e. The second kappa shape index (κ2) is 7.14. The Morgan fingerprint density at radius 2 is 1.81 bits per heavy atom. The van der Waals surface area contributed by atoms with E-state index in [0.717, 1.165) is 32.6 Å². The normalized spacial score (nSPS) is 11.2. The van der Waals surface area contributed by atoms with Gasteiger partial charge in [-0.05, 0) is 29.7 Å². The molecule has 31 heavy (non-hydrogen) atoms. The van der Waals surface area contributed by atoms with Crippen LogP contribution in [0.25, 0.3) is 32.6 Å². The number of non-ortho nitro benzene ring substituents is 1. The summed E-state index contributed by atoms with van der Waals surface area (Å²) in [4.78, 5) is 26.3. The van der Waals surface area contributed by atoms with Gasteiger partial charge >= 0.3 is 0 Å². The van der Waals surface area contributed by atoms with Crippen molar-refractivity contribution < 1.29 is 14.8 Å². The number of nitrogens with one attached hydrogen (secondary N) is 2. The average Bonchev–Trinajstić information content (AvgIpc) is 3.14. The fraction of sp³-hybridized carbons (Fsp3) is 0.0417. The molecule has 0 saturated carbocycles. The zero-order valence-electron chi connectivity index (χ0n) is 16.3. The summed E-state index contributed by atoms with van der Waals surface area (Å²) in [5, 5.41) is 28.1. The van der Waals surface area contributed by atoms with Crippen LogP contribution in [0.2, 0.25) is 0 Å². The molecule has 3 N–H and O–H groups in total. The van der Waals surface area contributed by atoms with E-state index in [9.17, 15) is 20.0 Å². The van der Waals surface area contributed by atoms with Crippen LogP contribution in [0, 0.1) is 10.1 Å². The molecule has 5 rings (SSSR count). The van der Waals surface area contributed by atoms with E-state index in [-0.39, 0.29) is 23.8 Å². The summed E-state index contributed by atoms with van der Waals surface area (Å²) in [6.07, 6.45) is -0.0603. The Morgan fingerprint density at radius 3 is 2.65 bits per heavy atom. The smallest absolute Gasteiger partial charge is 0.271 e. The van der Waals surface area contributed by atoms with Crippen LogP contribution in [0.4, 0.5) is 11.4 Å². The van der Waals surface area contributed by atoms with E-state index in [1.54, 1.807) is 18.2 Å².